The third-order valence-corrected chi connectivity index (χ3v) is 4.52. The van der Waals surface area contributed by atoms with Gasteiger partial charge in [-0.05, 0) is 31.2 Å². The summed E-state index contributed by atoms with van der Waals surface area (Å²) in [5, 5.41) is 15.2. The molecule has 150 valence electrons. The quantitative estimate of drug-likeness (QED) is 0.717. The van der Waals surface area contributed by atoms with Crippen LogP contribution in [0.5, 0.6) is 0 Å². The normalized spacial score (nSPS) is 15.2. The molecule has 1 amide bonds. The summed E-state index contributed by atoms with van der Waals surface area (Å²) in [7, 11) is 0. The number of rotatable bonds is 8. The van der Waals surface area contributed by atoms with Crippen LogP contribution in [0.2, 0.25) is 0 Å². The van der Waals surface area contributed by atoms with Crippen molar-refractivity contribution in [3.05, 3.63) is 53.3 Å². The highest BCUT2D eigenvalue weighted by atomic mass is 19.4. The Morgan fingerprint density at radius 1 is 1.25 bits per heavy atom. The number of benzene rings is 1. The number of alkyl halides is 3. The van der Waals surface area contributed by atoms with Gasteiger partial charge in [0.2, 0.25) is 0 Å². The lowest BCUT2D eigenvalue weighted by atomic mass is 10.0. The number of carboxylic acids is 1. The molecule has 3 rings (SSSR count). The van der Waals surface area contributed by atoms with Crippen LogP contribution in [-0.4, -0.2) is 32.8 Å². The van der Waals surface area contributed by atoms with E-state index in [1.165, 1.54) is 0 Å². The van der Waals surface area contributed by atoms with Crippen molar-refractivity contribution in [3.63, 3.8) is 0 Å². The predicted octanol–water partition coefficient (Wildman–Crippen LogP) is 3.44. The van der Waals surface area contributed by atoms with E-state index in [0.29, 0.717) is 19.3 Å². The number of aromatic nitrogens is 2. The molecule has 1 aromatic carbocycles. The maximum atomic E-state index is 13.0. The molecule has 1 atom stereocenters. The Hall–Kier alpha value is -2.84. The number of halogens is 3. The number of carbonyl (C=O) groups is 2. The Bertz CT molecular complexity index is 845. The standard InChI is InChI=1S/C19H20F3N3O3/c20-19(21,22)16-11-15(25(24-16)14-7-8-14)18(28)23-13(6-9-17(26)27)10-12-4-2-1-3-5-12/h1-5,11,13-14H,6-10H2,(H,23,28)(H,26,27). The van der Waals surface area contributed by atoms with Gasteiger partial charge in [-0.1, -0.05) is 30.3 Å². The summed E-state index contributed by atoms with van der Waals surface area (Å²) in [5.41, 5.74) is -0.359. The highest BCUT2D eigenvalue weighted by Gasteiger charge is 2.38. The van der Waals surface area contributed by atoms with Gasteiger partial charge in [-0.25, -0.2) is 0 Å². The molecule has 0 bridgehead atoms. The number of amides is 1. The van der Waals surface area contributed by atoms with E-state index < -0.39 is 29.8 Å². The van der Waals surface area contributed by atoms with Crippen LogP contribution < -0.4 is 5.32 Å². The van der Waals surface area contributed by atoms with Gasteiger partial charge in [0.25, 0.3) is 5.91 Å². The highest BCUT2D eigenvalue weighted by Crippen LogP contribution is 2.37. The van der Waals surface area contributed by atoms with Gasteiger partial charge in [0.15, 0.2) is 5.69 Å². The molecule has 1 unspecified atom stereocenters. The number of carbonyl (C=O) groups excluding carboxylic acids is 1. The van der Waals surface area contributed by atoms with Crippen molar-refractivity contribution in [1.82, 2.24) is 15.1 Å². The van der Waals surface area contributed by atoms with Gasteiger partial charge in [-0.15, -0.1) is 0 Å². The summed E-state index contributed by atoms with van der Waals surface area (Å²) in [6.45, 7) is 0. The average molecular weight is 395 g/mol. The van der Waals surface area contributed by atoms with Crippen molar-refractivity contribution >= 4 is 11.9 Å². The van der Waals surface area contributed by atoms with E-state index in [0.717, 1.165) is 16.3 Å². The summed E-state index contributed by atoms with van der Waals surface area (Å²) in [5.74, 6) is -1.68. The summed E-state index contributed by atoms with van der Waals surface area (Å²) in [6.07, 6.45) is -2.91. The molecule has 2 aromatic rings. The summed E-state index contributed by atoms with van der Waals surface area (Å²) in [6, 6.07) is 9.19. The van der Waals surface area contributed by atoms with E-state index in [1.807, 2.05) is 30.3 Å². The molecule has 9 heteroatoms. The predicted molar refractivity (Wildman–Crippen MR) is 93.8 cm³/mol. The summed E-state index contributed by atoms with van der Waals surface area (Å²) >= 11 is 0. The lowest BCUT2D eigenvalue weighted by Gasteiger charge is -2.18. The van der Waals surface area contributed by atoms with Crippen LogP contribution in [-0.2, 0) is 17.4 Å². The molecule has 6 nitrogen and oxygen atoms in total. The van der Waals surface area contributed by atoms with Crippen LogP contribution in [0.25, 0.3) is 0 Å². The lowest BCUT2D eigenvalue weighted by molar-refractivity contribution is -0.141. The second kappa shape index (κ2) is 8.04. The van der Waals surface area contributed by atoms with Crippen molar-refractivity contribution in [2.75, 3.05) is 0 Å². The van der Waals surface area contributed by atoms with Crippen molar-refractivity contribution in [1.29, 1.82) is 0 Å². The molecule has 1 fully saturated rings. The molecule has 0 saturated heterocycles. The number of hydrogen-bond donors (Lipinski definition) is 2. The minimum atomic E-state index is -4.64. The molecule has 1 saturated carbocycles. The van der Waals surface area contributed by atoms with E-state index in [2.05, 4.69) is 10.4 Å². The number of nitrogens with zero attached hydrogens (tertiary/aromatic N) is 2. The van der Waals surface area contributed by atoms with Crippen molar-refractivity contribution in [2.24, 2.45) is 0 Å². The van der Waals surface area contributed by atoms with Gasteiger partial charge in [0.1, 0.15) is 5.69 Å². The van der Waals surface area contributed by atoms with Crippen molar-refractivity contribution in [3.8, 4) is 0 Å². The van der Waals surface area contributed by atoms with Crippen LogP contribution in [0, 0.1) is 0 Å². The zero-order chi connectivity index (χ0) is 20.3. The van der Waals surface area contributed by atoms with Gasteiger partial charge >= 0.3 is 12.1 Å². The van der Waals surface area contributed by atoms with E-state index in [4.69, 9.17) is 5.11 Å². The number of hydrogen-bond acceptors (Lipinski definition) is 3. The monoisotopic (exact) mass is 395 g/mol. The summed E-state index contributed by atoms with van der Waals surface area (Å²) in [4.78, 5) is 23.6. The Morgan fingerprint density at radius 2 is 1.93 bits per heavy atom. The van der Waals surface area contributed by atoms with Crippen molar-refractivity contribution < 1.29 is 27.9 Å². The fourth-order valence-electron chi connectivity index (χ4n) is 2.98. The van der Waals surface area contributed by atoms with Crippen LogP contribution >= 0.6 is 0 Å². The molecule has 0 spiro atoms. The van der Waals surface area contributed by atoms with E-state index in [9.17, 15) is 22.8 Å². The zero-order valence-corrected chi connectivity index (χ0v) is 14.9. The fraction of sp³-hybridized carbons (Fsp3) is 0.421. The number of aliphatic carboxylic acids is 1. The first-order valence-electron chi connectivity index (χ1n) is 8.97. The highest BCUT2D eigenvalue weighted by molar-refractivity contribution is 5.93. The third kappa shape index (κ3) is 5.11. The number of carboxylic acid groups (broad SMARTS) is 1. The second-order valence-corrected chi connectivity index (χ2v) is 6.88. The molecular weight excluding hydrogens is 375 g/mol. The third-order valence-electron chi connectivity index (χ3n) is 4.52. The largest absolute Gasteiger partial charge is 0.481 e. The van der Waals surface area contributed by atoms with Crippen LogP contribution in [0.1, 0.15) is 53.5 Å². The molecule has 0 aliphatic heterocycles. The molecule has 1 aliphatic carbocycles. The Balaban J connectivity index is 1.79. The smallest absolute Gasteiger partial charge is 0.435 e. The van der Waals surface area contributed by atoms with E-state index >= 15 is 0 Å². The molecule has 1 aromatic heterocycles. The van der Waals surface area contributed by atoms with Crippen molar-refractivity contribution in [2.45, 2.75) is 50.4 Å². The number of nitrogens with one attached hydrogen (secondary N) is 1. The molecular formula is C19H20F3N3O3. The molecule has 2 N–H and O–H groups in total. The van der Waals surface area contributed by atoms with Gasteiger partial charge < -0.3 is 10.4 Å². The molecule has 1 heterocycles. The molecule has 0 radical (unpaired) electrons. The second-order valence-electron chi connectivity index (χ2n) is 6.88. The van der Waals surface area contributed by atoms with Gasteiger partial charge in [-0.3, -0.25) is 14.3 Å². The lowest BCUT2D eigenvalue weighted by Crippen LogP contribution is -2.38. The Labute approximate surface area is 159 Å². The summed E-state index contributed by atoms with van der Waals surface area (Å²) < 4.78 is 40.2. The van der Waals surface area contributed by atoms with Crippen LogP contribution in [0.3, 0.4) is 0 Å². The average Bonchev–Trinajstić information content (AvgIpc) is 3.37. The van der Waals surface area contributed by atoms with Crippen LogP contribution in [0.15, 0.2) is 36.4 Å². The Kier molecular flexibility index (Phi) is 5.71. The van der Waals surface area contributed by atoms with E-state index in [1.54, 1.807) is 0 Å². The first kappa shape index (κ1) is 19.9. The minimum absolute atomic E-state index is 0.150. The molecule has 28 heavy (non-hydrogen) atoms. The topological polar surface area (TPSA) is 84.2 Å². The van der Waals surface area contributed by atoms with Gasteiger partial charge in [0, 0.05) is 18.5 Å². The molecule has 1 aliphatic rings. The zero-order valence-electron chi connectivity index (χ0n) is 14.9. The first-order chi connectivity index (χ1) is 13.2. The van der Waals surface area contributed by atoms with E-state index in [-0.39, 0.29) is 24.6 Å². The van der Waals surface area contributed by atoms with Gasteiger partial charge in [-0.2, -0.15) is 18.3 Å². The maximum Gasteiger partial charge on any atom is 0.435 e. The van der Waals surface area contributed by atoms with Gasteiger partial charge in [0.05, 0.1) is 6.04 Å². The Morgan fingerprint density at radius 3 is 2.50 bits per heavy atom. The van der Waals surface area contributed by atoms with Crippen LogP contribution in [0.4, 0.5) is 13.2 Å². The fourth-order valence-corrected chi connectivity index (χ4v) is 2.98. The SMILES string of the molecule is O=C(O)CCC(Cc1ccccc1)NC(=O)c1cc(C(F)(F)F)nn1C1CC1. The minimum Gasteiger partial charge on any atom is -0.481 e. The first-order valence-corrected chi connectivity index (χ1v) is 8.97. The maximum absolute atomic E-state index is 13.0.